The van der Waals surface area contributed by atoms with Gasteiger partial charge in [-0.2, -0.15) is 0 Å². The lowest BCUT2D eigenvalue weighted by Gasteiger charge is -2.08. The Labute approximate surface area is 210 Å². The molecule has 0 aliphatic rings. The van der Waals surface area contributed by atoms with Gasteiger partial charge in [0.2, 0.25) is 5.91 Å². The first-order chi connectivity index (χ1) is 16.3. The molecule has 0 atom stereocenters. The van der Waals surface area contributed by atoms with Crippen LogP contribution in [0.5, 0.6) is 0 Å². The van der Waals surface area contributed by atoms with Gasteiger partial charge in [-0.1, -0.05) is 41.6 Å². The molecule has 4 rings (SSSR count). The number of ether oxygens (including phenoxy) is 1. The second-order valence-electron chi connectivity index (χ2n) is 7.74. The number of amides is 1. The second-order valence-corrected chi connectivity index (χ2v) is 11.0. The number of nitrogens with one attached hydrogen (secondary N) is 1. The van der Waals surface area contributed by atoms with Crippen molar-refractivity contribution in [3.8, 4) is 22.5 Å². The molecule has 0 fully saturated rings. The van der Waals surface area contributed by atoms with Gasteiger partial charge in [-0.25, -0.2) is 4.79 Å². The first-order valence-corrected chi connectivity index (χ1v) is 13.1. The van der Waals surface area contributed by atoms with Crippen molar-refractivity contribution in [1.82, 2.24) is 14.8 Å². The van der Waals surface area contributed by atoms with Crippen molar-refractivity contribution in [3.63, 3.8) is 0 Å². The van der Waals surface area contributed by atoms with Gasteiger partial charge in [-0.15, -0.1) is 32.9 Å². The Balaban J connectivity index is 1.50. The number of aryl methyl sites for hydroxylation is 3. The molecule has 34 heavy (non-hydrogen) atoms. The molecule has 176 valence electrons. The Morgan fingerprint density at radius 1 is 1.15 bits per heavy atom. The van der Waals surface area contributed by atoms with Crippen molar-refractivity contribution >= 4 is 51.3 Å². The molecule has 10 heteroatoms. The highest BCUT2D eigenvalue weighted by molar-refractivity contribution is 7.99. The van der Waals surface area contributed by atoms with Crippen molar-refractivity contribution in [2.24, 2.45) is 7.05 Å². The van der Waals surface area contributed by atoms with Crippen LogP contribution in [-0.4, -0.2) is 39.5 Å². The third-order valence-corrected chi connectivity index (χ3v) is 8.13. The molecule has 0 radical (unpaired) electrons. The van der Waals surface area contributed by atoms with E-state index in [-0.39, 0.29) is 11.7 Å². The molecule has 0 spiro atoms. The van der Waals surface area contributed by atoms with Crippen molar-refractivity contribution in [2.75, 3.05) is 18.2 Å². The molecule has 0 aliphatic heterocycles. The lowest BCUT2D eigenvalue weighted by molar-refractivity contribution is -0.113. The normalized spacial score (nSPS) is 11.0. The molecule has 0 bridgehead atoms. The van der Waals surface area contributed by atoms with Crippen molar-refractivity contribution in [1.29, 1.82) is 0 Å². The minimum atomic E-state index is -0.472. The highest BCUT2D eigenvalue weighted by atomic mass is 32.2. The number of methoxy groups -OCH3 is 1. The third kappa shape index (κ3) is 4.94. The zero-order chi connectivity index (χ0) is 24.4. The van der Waals surface area contributed by atoms with E-state index in [9.17, 15) is 9.59 Å². The van der Waals surface area contributed by atoms with E-state index in [0.29, 0.717) is 15.7 Å². The molecule has 4 aromatic rings. The van der Waals surface area contributed by atoms with Gasteiger partial charge in [0.1, 0.15) is 5.00 Å². The largest absolute Gasteiger partial charge is 0.465 e. The Morgan fingerprint density at radius 2 is 1.88 bits per heavy atom. The number of thioether (sulfide) groups is 1. The van der Waals surface area contributed by atoms with Gasteiger partial charge in [-0.05, 0) is 32.4 Å². The van der Waals surface area contributed by atoms with Crippen LogP contribution in [0.15, 0.2) is 40.9 Å². The van der Waals surface area contributed by atoms with E-state index in [0.717, 1.165) is 27.4 Å². The molecule has 1 aromatic carbocycles. The summed E-state index contributed by atoms with van der Waals surface area (Å²) in [6, 6.07) is 10.2. The molecule has 7 nitrogen and oxygen atoms in total. The summed E-state index contributed by atoms with van der Waals surface area (Å²) >= 11 is 4.32. The summed E-state index contributed by atoms with van der Waals surface area (Å²) in [5.41, 5.74) is 4.89. The number of nitrogens with zero attached hydrogens (tertiary/aromatic N) is 3. The zero-order valence-electron chi connectivity index (χ0n) is 19.5. The van der Waals surface area contributed by atoms with E-state index >= 15 is 0 Å². The number of hydrogen-bond acceptors (Lipinski definition) is 8. The predicted molar refractivity (Wildman–Crippen MR) is 139 cm³/mol. The van der Waals surface area contributed by atoms with Crippen molar-refractivity contribution in [2.45, 2.75) is 25.9 Å². The first-order valence-electron chi connectivity index (χ1n) is 10.4. The number of rotatable bonds is 7. The highest BCUT2D eigenvalue weighted by Crippen LogP contribution is 2.39. The second kappa shape index (κ2) is 10.1. The lowest BCUT2D eigenvalue weighted by Crippen LogP contribution is -2.16. The van der Waals surface area contributed by atoms with Crippen LogP contribution in [0.1, 0.15) is 25.7 Å². The zero-order valence-corrected chi connectivity index (χ0v) is 21.9. The minimum Gasteiger partial charge on any atom is -0.465 e. The maximum Gasteiger partial charge on any atom is 0.340 e. The minimum absolute atomic E-state index is 0.136. The molecule has 3 heterocycles. The standard InChI is InChI=1S/C24H24N4O3S3/c1-13-6-8-16(9-7-13)20-15(3)32-11-18(20)21-26-27-24(28(21)4)33-12-19(29)25-22-17(23(30)31-5)10-14(2)34-22/h6-11H,12H2,1-5H3,(H,25,29). The predicted octanol–water partition coefficient (Wildman–Crippen LogP) is 5.71. The quantitative estimate of drug-likeness (QED) is 0.252. The van der Waals surface area contributed by atoms with Gasteiger partial charge in [0.15, 0.2) is 11.0 Å². The number of thiophene rings is 2. The van der Waals surface area contributed by atoms with Crippen molar-refractivity contribution in [3.05, 3.63) is 56.6 Å². The number of benzene rings is 1. The van der Waals surface area contributed by atoms with Crippen LogP contribution in [0.2, 0.25) is 0 Å². The summed E-state index contributed by atoms with van der Waals surface area (Å²) in [6.07, 6.45) is 0. The van der Waals surface area contributed by atoms with Gasteiger partial charge < -0.3 is 14.6 Å². The average molecular weight is 513 g/mol. The fraction of sp³-hybridized carbons (Fsp3) is 0.250. The maximum absolute atomic E-state index is 12.6. The van der Waals surface area contributed by atoms with E-state index in [2.05, 4.69) is 59.0 Å². The Kier molecular flexibility index (Phi) is 7.20. The molecule has 0 unspecified atom stereocenters. The third-order valence-electron chi connectivity index (χ3n) is 5.24. The smallest absolute Gasteiger partial charge is 0.340 e. The molecule has 0 saturated heterocycles. The number of anilines is 1. The molecule has 1 amide bonds. The Hall–Kier alpha value is -2.95. The number of aromatic nitrogens is 3. The fourth-order valence-electron chi connectivity index (χ4n) is 3.53. The van der Waals surface area contributed by atoms with E-state index in [4.69, 9.17) is 4.74 Å². The van der Waals surface area contributed by atoms with Gasteiger partial charge in [0.05, 0.1) is 18.4 Å². The Bertz CT molecular complexity index is 1350. The average Bonchev–Trinajstić information content (AvgIpc) is 3.49. The molecular formula is C24H24N4O3S3. The summed E-state index contributed by atoms with van der Waals surface area (Å²) < 4.78 is 6.71. The van der Waals surface area contributed by atoms with Crippen LogP contribution >= 0.6 is 34.4 Å². The molecule has 1 N–H and O–H groups in total. The summed E-state index contributed by atoms with van der Waals surface area (Å²) in [4.78, 5) is 26.7. The highest BCUT2D eigenvalue weighted by Gasteiger charge is 2.21. The SMILES string of the molecule is COC(=O)c1cc(C)sc1NC(=O)CSc1nnc(-c2csc(C)c2-c2ccc(C)cc2)n1C. The molecule has 0 saturated carbocycles. The van der Waals surface area contributed by atoms with Crippen LogP contribution in [0.25, 0.3) is 22.5 Å². The Morgan fingerprint density at radius 3 is 2.59 bits per heavy atom. The van der Waals surface area contributed by atoms with Gasteiger partial charge in [0.25, 0.3) is 0 Å². The molecule has 0 aliphatic carbocycles. The molecule has 3 aromatic heterocycles. The van der Waals surface area contributed by atoms with Gasteiger partial charge in [-0.3, -0.25) is 4.79 Å². The van der Waals surface area contributed by atoms with Crippen molar-refractivity contribution < 1.29 is 14.3 Å². The van der Waals surface area contributed by atoms with E-state index in [1.165, 1.54) is 40.6 Å². The molecular weight excluding hydrogens is 488 g/mol. The summed E-state index contributed by atoms with van der Waals surface area (Å²) in [5, 5.41) is 14.8. The first kappa shape index (κ1) is 24.2. The summed E-state index contributed by atoms with van der Waals surface area (Å²) in [7, 11) is 3.22. The number of carbonyl (C=O) groups is 2. The number of carbonyl (C=O) groups excluding carboxylic acids is 2. The van der Waals surface area contributed by atoms with Gasteiger partial charge in [0, 0.05) is 33.3 Å². The number of esters is 1. The van der Waals surface area contributed by atoms with Gasteiger partial charge >= 0.3 is 5.97 Å². The maximum atomic E-state index is 12.6. The summed E-state index contributed by atoms with van der Waals surface area (Å²) in [6.45, 7) is 6.05. The van der Waals surface area contributed by atoms with E-state index in [1.807, 2.05) is 18.5 Å². The van der Waals surface area contributed by atoms with E-state index < -0.39 is 5.97 Å². The van der Waals surface area contributed by atoms with Crippen LogP contribution in [0, 0.1) is 20.8 Å². The monoisotopic (exact) mass is 512 g/mol. The topological polar surface area (TPSA) is 86.1 Å². The summed E-state index contributed by atoms with van der Waals surface area (Å²) in [5.74, 6) is 0.190. The van der Waals surface area contributed by atoms with Crippen LogP contribution < -0.4 is 5.32 Å². The van der Waals surface area contributed by atoms with Crippen LogP contribution in [0.3, 0.4) is 0 Å². The van der Waals surface area contributed by atoms with Crippen LogP contribution in [0.4, 0.5) is 5.00 Å². The van der Waals surface area contributed by atoms with E-state index in [1.54, 1.807) is 17.4 Å². The lowest BCUT2D eigenvalue weighted by atomic mass is 10.0. The van der Waals surface area contributed by atoms with Crippen LogP contribution in [-0.2, 0) is 16.6 Å². The fourth-order valence-corrected chi connectivity index (χ4v) is 6.03. The number of hydrogen-bond donors (Lipinski definition) is 1.